The van der Waals surface area contributed by atoms with Crippen molar-refractivity contribution in [3.05, 3.63) is 47.0 Å². The van der Waals surface area contributed by atoms with Crippen LogP contribution in [0.5, 0.6) is 0 Å². The summed E-state index contributed by atoms with van der Waals surface area (Å²) < 4.78 is 128. The van der Waals surface area contributed by atoms with Gasteiger partial charge < -0.3 is 5.11 Å². The standard InChI is InChI=1S/C30H31F9O3/c1-15(40)16-3-5-17(6-4-16)22-14-25(2)23(21-9-7-18-13-19(41)8-10-20(18)24(21)22)11-12-26(25,42)27(31,32)28(33,34)29(35,36)30(37,38)39/h3-6,13,20-24,42H,7-12,14H2,1-2H3/t20-,21-,22+,23-,24+,25-,26-/m0/s1. The summed E-state index contributed by atoms with van der Waals surface area (Å²) in [6, 6.07) is 6.20. The minimum atomic E-state index is -7.11. The molecular weight excluding hydrogens is 579 g/mol. The maximum absolute atomic E-state index is 15.7. The highest BCUT2D eigenvalue weighted by Gasteiger charge is 2.88. The van der Waals surface area contributed by atoms with Crippen LogP contribution in [0.3, 0.4) is 0 Å². The minimum Gasteiger partial charge on any atom is -0.383 e. The Bertz CT molecular complexity index is 1300. The summed E-state index contributed by atoms with van der Waals surface area (Å²) in [4.78, 5) is 24.0. The Morgan fingerprint density at radius 2 is 1.50 bits per heavy atom. The van der Waals surface area contributed by atoms with Crippen LogP contribution in [0.4, 0.5) is 39.5 Å². The number of fused-ring (bicyclic) bond motifs is 5. The zero-order valence-corrected chi connectivity index (χ0v) is 22.9. The first-order valence-electron chi connectivity index (χ1n) is 14.0. The Morgan fingerprint density at radius 3 is 2.07 bits per heavy atom. The third-order valence-corrected chi connectivity index (χ3v) is 10.9. The molecule has 1 aromatic carbocycles. The Balaban J connectivity index is 1.63. The van der Waals surface area contributed by atoms with E-state index in [2.05, 4.69) is 0 Å². The maximum atomic E-state index is 15.7. The number of hydrogen-bond acceptors (Lipinski definition) is 3. The second-order valence-electron chi connectivity index (χ2n) is 12.7. The number of rotatable bonds is 5. The number of carbonyl (C=O) groups excluding carboxylic acids is 2. The Morgan fingerprint density at radius 1 is 0.881 bits per heavy atom. The average molecular weight is 611 g/mol. The van der Waals surface area contributed by atoms with Crippen LogP contribution in [0.15, 0.2) is 35.9 Å². The summed E-state index contributed by atoms with van der Waals surface area (Å²) in [6.45, 7) is 2.44. The van der Waals surface area contributed by atoms with E-state index >= 15 is 8.78 Å². The number of aliphatic hydroxyl groups is 1. The lowest BCUT2D eigenvalue weighted by atomic mass is 9.46. The topological polar surface area (TPSA) is 54.4 Å². The van der Waals surface area contributed by atoms with Crippen LogP contribution in [0.1, 0.15) is 80.6 Å². The van der Waals surface area contributed by atoms with Gasteiger partial charge in [-0.05, 0) is 86.7 Å². The lowest BCUT2D eigenvalue weighted by Gasteiger charge is -2.60. The fourth-order valence-corrected chi connectivity index (χ4v) is 8.77. The quantitative estimate of drug-likeness (QED) is 0.272. The van der Waals surface area contributed by atoms with Crippen molar-refractivity contribution in [2.75, 3.05) is 0 Å². The molecule has 4 aliphatic carbocycles. The predicted octanol–water partition coefficient (Wildman–Crippen LogP) is 7.92. The van der Waals surface area contributed by atoms with E-state index in [1.165, 1.54) is 19.1 Å². The number of benzene rings is 1. The van der Waals surface area contributed by atoms with Gasteiger partial charge in [-0.3, -0.25) is 9.59 Å². The molecule has 0 saturated heterocycles. The lowest BCUT2D eigenvalue weighted by molar-refractivity contribution is -0.425. The smallest absolute Gasteiger partial charge is 0.383 e. The second-order valence-corrected chi connectivity index (χ2v) is 12.7. The normalized spacial score (nSPS) is 35.7. The van der Waals surface area contributed by atoms with Crippen LogP contribution in [0.25, 0.3) is 0 Å². The first kappa shape index (κ1) is 31.1. The highest BCUT2D eigenvalue weighted by atomic mass is 19.4. The zero-order valence-electron chi connectivity index (χ0n) is 22.9. The van der Waals surface area contributed by atoms with E-state index in [0.717, 1.165) is 12.5 Å². The third-order valence-electron chi connectivity index (χ3n) is 10.9. The Kier molecular flexibility index (Phi) is 7.07. The van der Waals surface area contributed by atoms with E-state index in [0.29, 0.717) is 30.4 Å². The molecule has 0 radical (unpaired) electrons. The van der Waals surface area contributed by atoms with Gasteiger partial charge >= 0.3 is 23.9 Å². The third kappa shape index (κ3) is 4.05. The summed E-state index contributed by atoms with van der Waals surface area (Å²) in [5, 5.41) is 11.4. The van der Waals surface area contributed by atoms with Crippen LogP contribution >= 0.6 is 0 Å². The maximum Gasteiger partial charge on any atom is 0.460 e. The van der Waals surface area contributed by atoms with Crippen LogP contribution < -0.4 is 0 Å². The molecule has 0 unspecified atom stereocenters. The van der Waals surface area contributed by atoms with E-state index in [4.69, 9.17) is 0 Å². The highest BCUT2D eigenvalue weighted by molar-refractivity contribution is 5.94. The molecule has 0 aliphatic heterocycles. The highest BCUT2D eigenvalue weighted by Crippen LogP contribution is 2.72. The lowest BCUT2D eigenvalue weighted by Crippen LogP contribution is -2.72. The van der Waals surface area contributed by atoms with Crippen molar-refractivity contribution in [2.45, 2.75) is 94.3 Å². The molecule has 0 bridgehead atoms. The molecule has 7 atom stereocenters. The summed E-state index contributed by atoms with van der Waals surface area (Å²) >= 11 is 0. The van der Waals surface area contributed by atoms with Crippen molar-refractivity contribution in [1.82, 2.24) is 0 Å². The largest absolute Gasteiger partial charge is 0.460 e. The Hall–Kier alpha value is -2.37. The van der Waals surface area contributed by atoms with Crippen molar-refractivity contribution in [3.63, 3.8) is 0 Å². The SMILES string of the molecule is CC(=O)c1ccc([C@H]2C[C@@]3(C)[C@@H](CC[C@@]3(O)C(F)(F)C(F)(F)C(F)(F)C(F)(F)F)[C@@H]3CCC4=CC(=O)CC[C@@H]4[C@H]32)cc1. The molecule has 4 aliphatic rings. The van der Waals surface area contributed by atoms with Crippen molar-refractivity contribution in [1.29, 1.82) is 0 Å². The molecule has 3 fully saturated rings. The van der Waals surface area contributed by atoms with Crippen molar-refractivity contribution < 1.29 is 54.2 Å². The fraction of sp³-hybridized carbons (Fsp3) is 0.667. The number of carbonyl (C=O) groups is 2. The molecule has 232 valence electrons. The molecule has 3 nitrogen and oxygen atoms in total. The van der Waals surface area contributed by atoms with Gasteiger partial charge in [0.05, 0.1) is 0 Å². The van der Waals surface area contributed by atoms with E-state index in [1.54, 1.807) is 18.2 Å². The van der Waals surface area contributed by atoms with Gasteiger partial charge in [0.25, 0.3) is 0 Å². The molecule has 5 rings (SSSR count). The van der Waals surface area contributed by atoms with Crippen molar-refractivity contribution >= 4 is 11.6 Å². The molecule has 1 aromatic rings. The number of hydrogen-bond donors (Lipinski definition) is 1. The van der Waals surface area contributed by atoms with Gasteiger partial charge in [0.1, 0.15) is 5.60 Å². The zero-order chi connectivity index (χ0) is 31.3. The average Bonchev–Trinajstić information content (AvgIpc) is 3.18. The van der Waals surface area contributed by atoms with Crippen LogP contribution in [0, 0.1) is 29.1 Å². The molecule has 0 heterocycles. The molecule has 12 heteroatoms. The number of ketones is 2. The van der Waals surface area contributed by atoms with Gasteiger partial charge in [0, 0.05) is 17.4 Å². The second kappa shape index (κ2) is 9.56. The van der Waals surface area contributed by atoms with Crippen LogP contribution in [-0.2, 0) is 4.79 Å². The van der Waals surface area contributed by atoms with Gasteiger partial charge in [-0.2, -0.15) is 39.5 Å². The first-order valence-corrected chi connectivity index (χ1v) is 14.0. The van der Waals surface area contributed by atoms with Crippen LogP contribution in [-0.4, -0.2) is 46.2 Å². The van der Waals surface area contributed by atoms with Gasteiger partial charge in [0.2, 0.25) is 0 Å². The Labute approximate surface area is 236 Å². The van der Waals surface area contributed by atoms with Gasteiger partial charge in [-0.1, -0.05) is 36.8 Å². The summed E-state index contributed by atoms with van der Waals surface area (Å²) in [5.41, 5.74) is -4.28. The molecule has 0 amide bonds. The van der Waals surface area contributed by atoms with Crippen LogP contribution in [0.2, 0.25) is 0 Å². The van der Waals surface area contributed by atoms with E-state index in [1.807, 2.05) is 0 Å². The molecular formula is C30H31F9O3. The number of allylic oxidation sites excluding steroid dienone is 1. The predicted molar refractivity (Wildman–Crippen MR) is 133 cm³/mol. The molecule has 0 spiro atoms. The summed E-state index contributed by atoms with van der Waals surface area (Å²) in [7, 11) is 0. The minimum absolute atomic E-state index is 0.0505. The summed E-state index contributed by atoms with van der Waals surface area (Å²) in [5.74, 6) is -23.0. The number of alkyl halides is 9. The molecule has 0 aromatic heterocycles. The van der Waals surface area contributed by atoms with Gasteiger partial charge in [0.15, 0.2) is 11.6 Å². The molecule has 42 heavy (non-hydrogen) atoms. The molecule has 1 N–H and O–H groups in total. The van der Waals surface area contributed by atoms with Crippen molar-refractivity contribution in [2.24, 2.45) is 29.1 Å². The summed E-state index contributed by atoms with van der Waals surface area (Å²) in [6.07, 6.45) is -5.69. The van der Waals surface area contributed by atoms with Crippen molar-refractivity contribution in [3.8, 4) is 0 Å². The van der Waals surface area contributed by atoms with E-state index < -0.39 is 65.6 Å². The molecule has 3 saturated carbocycles. The first-order chi connectivity index (χ1) is 19.2. The number of halogens is 9. The fourth-order valence-electron chi connectivity index (χ4n) is 8.77. The van der Waals surface area contributed by atoms with Gasteiger partial charge in [-0.25, -0.2) is 0 Å². The van der Waals surface area contributed by atoms with E-state index in [-0.39, 0.29) is 36.2 Å². The van der Waals surface area contributed by atoms with E-state index in [9.17, 15) is 45.4 Å². The number of Topliss-reactive ketones (excluding diaryl/α,β-unsaturated/α-hetero) is 1. The van der Waals surface area contributed by atoms with Gasteiger partial charge in [-0.15, -0.1) is 0 Å². The monoisotopic (exact) mass is 610 g/mol.